The van der Waals surface area contributed by atoms with Gasteiger partial charge in [-0.3, -0.25) is 0 Å². The Morgan fingerprint density at radius 1 is 0.500 bits per heavy atom. The zero-order chi connectivity index (χ0) is 23.3. The predicted molar refractivity (Wildman–Crippen MR) is 139 cm³/mol. The van der Waals surface area contributed by atoms with Gasteiger partial charge in [-0.25, -0.2) is 0 Å². The van der Waals surface area contributed by atoms with Gasteiger partial charge in [0, 0.05) is 0 Å². The van der Waals surface area contributed by atoms with Crippen molar-refractivity contribution in [1.29, 1.82) is 0 Å². The number of benzene rings is 2. The van der Waals surface area contributed by atoms with Gasteiger partial charge >= 0.3 is 0 Å². The van der Waals surface area contributed by atoms with E-state index in [1.807, 2.05) is 13.8 Å². The fourth-order valence-electron chi connectivity index (χ4n) is 4.61. The first kappa shape index (κ1) is 26.3. The standard InChI is InChI=1S/C30H46O2/c1-5-7-9-11-13-15-17-25-21-27(19-23(3)29(25)31)28-20-24(4)30(32)26(22-28)18-16-14-12-10-8-6-2/h19-22,31-32H,5-18H2,1-4H3. The topological polar surface area (TPSA) is 40.5 Å². The number of phenolic OH excluding ortho intramolecular Hbond substituents is 2. The smallest absolute Gasteiger partial charge is 0.121 e. The maximum absolute atomic E-state index is 10.6. The predicted octanol–water partition coefficient (Wildman–Crippen LogP) is 9.19. The second kappa shape index (κ2) is 14.2. The molecule has 0 spiro atoms. The van der Waals surface area contributed by atoms with Gasteiger partial charge in [0.1, 0.15) is 11.5 Å². The first-order valence-electron chi connectivity index (χ1n) is 13.1. The summed E-state index contributed by atoms with van der Waals surface area (Å²) in [4.78, 5) is 0. The molecule has 0 saturated carbocycles. The summed E-state index contributed by atoms with van der Waals surface area (Å²) in [6.45, 7) is 8.48. The summed E-state index contributed by atoms with van der Waals surface area (Å²) in [5.74, 6) is 0.898. The molecule has 0 bridgehead atoms. The van der Waals surface area contributed by atoms with E-state index < -0.39 is 0 Å². The van der Waals surface area contributed by atoms with E-state index in [2.05, 4.69) is 38.1 Å². The fourth-order valence-corrected chi connectivity index (χ4v) is 4.61. The molecule has 0 unspecified atom stereocenters. The first-order chi connectivity index (χ1) is 15.5. The highest BCUT2D eigenvalue weighted by molar-refractivity contribution is 5.70. The van der Waals surface area contributed by atoms with Gasteiger partial charge in [-0.1, -0.05) is 78.1 Å². The van der Waals surface area contributed by atoms with Crippen LogP contribution in [0.5, 0.6) is 11.5 Å². The zero-order valence-electron chi connectivity index (χ0n) is 21.1. The van der Waals surface area contributed by atoms with Crippen molar-refractivity contribution in [3.8, 4) is 22.6 Å². The lowest BCUT2D eigenvalue weighted by Gasteiger charge is -2.14. The van der Waals surface area contributed by atoms with Crippen LogP contribution in [0.15, 0.2) is 24.3 Å². The normalized spacial score (nSPS) is 11.2. The van der Waals surface area contributed by atoms with E-state index in [9.17, 15) is 10.2 Å². The molecule has 2 heteroatoms. The maximum atomic E-state index is 10.6. The van der Waals surface area contributed by atoms with E-state index in [4.69, 9.17) is 0 Å². The van der Waals surface area contributed by atoms with Crippen LogP contribution in [-0.4, -0.2) is 10.2 Å². The van der Waals surface area contributed by atoms with Gasteiger partial charge in [-0.15, -0.1) is 0 Å². The van der Waals surface area contributed by atoms with Gasteiger partial charge in [-0.2, -0.15) is 0 Å². The second-order valence-corrected chi connectivity index (χ2v) is 9.64. The Bertz CT molecular complexity index is 753. The molecule has 32 heavy (non-hydrogen) atoms. The van der Waals surface area contributed by atoms with Crippen molar-refractivity contribution in [3.63, 3.8) is 0 Å². The molecule has 0 atom stereocenters. The van der Waals surface area contributed by atoms with Crippen LogP contribution in [0, 0.1) is 13.8 Å². The van der Waals surface area contributed by atoms with Crippen molar-refractivity contribution in [2.75, 3.05) is 0 Å². The molecule has 0 heterocycles. The van der Waals surface area contributed by atoms with Gasteiger partial charge < -0.3 is 10.2 Å². The SMILES string of the molecule is CCCCCCCCc1cc(-c2cc(C)c(O)c(CCCCCCCC)c2)cc(C)c1O. The number of unbranched alkanes of at least 4 members (excludes halogenated alkanes) is 10. The molecule has 0 fully saturated rings. The van der Waals surface area contributed by atoms with Crippen LogP contribution in [0.3, 0.4) is 0 Å². The third kappa shape index (κ3) is 8.19. The Labute approximate surface area is 197 Å². The number of aromatic hydroxyl groups is 2. The molecule has 0 amide bonds. The third-order valence-corrected chi connectivity index (χ3v) is 6.69. The Balaban J connectivity index is 2.10. The summed E-state index contributed by atoms with van der Waals surface area (Å²) >= 11 is 0. The number of hydrogen-bond acceptors (Lipinski definition) is 2. The Kier molecular flexibility index (Phi) is 11.7. The third-order valence-electron chi connectivity index (χ3n) is 6.69. The van der Waals surface area contributed by atoms with Gasteiger partial charge in [0.15, 0.2) is 0 Å². The lowest BCUT2D eigenvalue weighted by atomic mass is 9.92. The molecule has 2 aromatic rings. The van der Waals surface area contributed by atoms with E-state index in [-0.39, 0.29) is 0 Å². The molecular formula is C30H46O2. The summed E-state index contributed by atoms with van der Waals surface area (Å²) < 4.78 is 0. The number of aryl methyl sites for hydroxylation is 4. The Morgan fingerprint density at radius 3 is 1.22 bits per heavy atom. The Hall–Kier alpha value is -1.96. The molecule has 2 rings (SSSR count). The minimum Gasteiger partial charge on any atom is -0.507 e. The molecule has 0 aliphatic carbocycles. The largest absolute Gasteiger partial charge is 0.507 e. The van der Waals surface area contributed by atoms with Gasteiger partial charge in [0.25, 0.3) is 0 Å². The molecule has 2 nitrogen and oxygen atoms in total. The molecule has 2 aromatic carbocycles. The van der Waals surface area contributed by atoms with Crippen molar-refractivity contribution >= 4 is 0 Å². The maximum Gasteiger partial charge on any atom is 0.121 e. The number of phenols is 2. The summed E-state index contributed by atoms with van der Waals surface area (Å²) in [5, 5.41) is 21.3. The van der Waals surface area contributed by atoms with Crippen molar-refractivity contribution in [2.45, 2.75) is 118 Å². The first-order valence-corrected chi connectivity index (χ1v) is 13.1. The monoisotopic (exact) mass is 438 g/mol. The Morgan fingerprint density at radius 2 is 0.844 bits per heavy atom. The van der Waals surface area contributed by atoms with E-state index in [0.717, 1.165) is 59.1 Å². The van der Waals surface area contributed by atoms with Crippen LogP contribution in [0.1, 0.15) is 113 Å². The highest BCUT2D eigenvalue weighted by Crippen LogP contribution is 2.35. The van der Waals surface area contributed by atoms with E-state index in [1.165, 1.54) is 64.2 Å². The number of rotatable bonds is 15. The summed E-state index contributed by atoms with van der Waals surface area (Å²) in [6.07, 6.45) is 16.9. The van der Waals surface area contributed by atoms with Crippen LogP contribution in [0.25, 0.3) is 11.1 Å². The van der Waals surface area contributed by atoms with Crippen LogP contribution < -0.4 is 0 Å². The molecule has 0 saturated heterocycles. The van der Waals surface area contributed by atoms with Gasteiger partial charge in [0.05, 0.1) is 0 Å². The van der Waals surface area contributed by atoms with Crippen molar-refractivity contribution in [2.24, 2.45) is 0 Å². The quantitative estimate of drug-likeness (QED) is 0.272. The highest BCUT2D eigenvalue weighted by atomic mass is 16.3. The van der Waals surface area contributed by atoms with Crippen LogP contribution in [0.2, 0.25) is 0 Å². The van der Waals surface area contributed by atoms with E-state index in [0.29, 0.717) is 11.5 Å². The van der Waals surface area contributed by atoms with Crippen molar-refractivity contribution in [1.82, 2.24) is 0 Å². The molecule has 2 N–H and O–H groups in total. The average Bonchev–Trinajstić information content (AvgIpc) is 2.78. The summed E-state index contributed by atoms with van der Waals surface area (Å²) in [6, 6.07) is 8.49. The fraction of sp³-hybridized carbons (Fsp3) is 0.600. The van der Waals surface area contributed by atoms with E-state index in [1.54, 1.807) is 0 Å². The molecular weight excluding hydrogens is 392 g/mol. The zero-order valence-corrected chi connectivity index (χ0v) is 21.1. The molecule has 0 aromatic heterocycles. The summed E-state index contributed by atoms with van der Waals surface area (Å²) in [7, 11) is 0. The van der Waals surface area contributed by atoms with Crippen LogP contribution in [0.4, 0.5) is 0 Å². The average molecular weight is 439 g/mol. The lowest BCUT2D eigenvalue weighted by Crippen LogP contribution is -1.94. The highest BCUT2D eigenvalue weighted by Gasteiger charge is 2.12. The van der Waals surface area contributed by atoms with Crippen molar-refractivity contribution in [3.05, 3.63) is 46.5 Å². The molecule has 0 aliphatic rings. The van der Waals surface area contributed by atoms with Crippen molar-refractivity contribution < 1.29 is 10.2 Å². The minimum atomic E-state index is 0.449. The van der Waals surface area contributed by atoms with Gasteiger partial charge in [-0.05, 0) is 97.2 Å². The van der Waals surface area contributed by atoms with Crippen LogP contribution >= 0.6 is 0 Å². The van der Waals surface area contributed by atoms with Gasteiger partial charge in [0.2, 0.25) is 0 Å². The minimum absolute atomic E-state index is 0.449. The molecule has 0 aliphatic heterocycles. The summed E-state index contributed by atoms with van der Waals surface area (Å²) in [5.41, 5.74) is 6.28. The lowest BCUT2D eigenvalue weighted by molar-refractivity contribution is 0.461. The van der Waals surface area contributed by atoms with E-state index >= 15 is 0 Å². The second-order valence-electron chi connectivity index (χ2n) is 9.64. The molecule has 178 valence electrons. The molecule has 0 radical (unpaired) electrons. The number of hydrogen-bond donors (Lipinski definition) is 2. The van der Waals surface area contributed by atoms with Crippen LogP contribution in [-0.2, 0) is 12.8 Å².